The lowest BCUT2D eigenvalue weighted by Crippen LogP contribution is -2.20. The minimum absolute atomic E-state index is 0.193. The molecule has 1 N–H and O–H groups in total. The van der Waals surface area contributed by atoms with Gasteiger partial charge in [0.25, 0.3) is 0 Å². The summed E-state index contributed by atoms with van der Waals surface area (Å²) in [5.41, 5.74) is 3.41. The summed E-state index contributed by atoms with van der Waals surface area (Å²) in [5.74, 6) is 1.66. The number of carbonyl (C=O) groups excluding carboxylic acids is 1. The van der Waals surface area contributed by atoms with E-state index in [-0.39, 0.29) is 11.6 Å². The average Bonchev–Trinajstić information content (AvgIpc) is 3.49. The van der Waals surface area contributed by atoms with E-state index >= 15 is 0 Å². The first-order chi connectivity index (χ1) is 16.2. The SMILES string of the molecule is CC1CCN(c2ccc3[nH]c(C(=O)c4ccnc(-c5cncc6ccccc56)c4)nc3n2)C1. The van der Waals surface area contributed by atoms with E-state index in [1.165, 1.54) is 6.42 Å². The lowest BCUT2D eigenvalue weighted by atomic mass is 10.0. The highest BCUT2D eigenvalue weighted by atomic mass is 16.1. The van der Waals surface area contributed by atoms with Gasteiger partial charge in [-0.3, -0.25) is 14.8 Å². The summed E-state index contributed by atoms with van der Waals surface area (Å²) < 4.78 is 0. The molecule has 0 radical (unpaired) electrons. The smallest absolute Gasteiger partial charge is 0.228 e. The summed E-state index contributed by atoms with van der Waals surface area (Å²) in [6, 6.07) is 15.5. The Kier molecular flexibility index (Phi) is 4.61. The van der Waals surface area contributed by atoms with E-state index in [0.717, 1.165) is 40.8 Å². The van der Waals surface area contributed by atoms with E-state index in [9.17, 15) is 4.79 Å². The van der Waals surface area contributed by atoms with Crippen molar-refractivity contribution in [2.75, 3.05) is 18.0 Å². The van der Waals surface area contributed by atoms with Crippen molar-refractivity contribution in [3.8, 4) is 11.3 Å². The third-order valence-electron chi connectivity index (χ3n) is 6.26. The zero-order valence-electron chi connectivity index (χ0n) is 18.2. The Balaban J connectivity index is 1.34. The number of ketones is 1. The number of aromatic nitrogens is 5. The van der Waals surface area contributed by atoms with Crippen LogP contribution in [-0.4, -0.2) is 43.8 Å². The van der Waals surface area contributed by atoms with Gasteiger partial charge in [0.05, 0.1) is 11.2 Å². The standard InChI is InChI=1S/C26H22N6O/c1-16-9-11-32(15-16)23-7-6-21-25(30-23)31-26(29-21)24(33)17-8-10-28-22(12-17)20-14-27-13-18-4-2-3-5-19(18)20/h2-8,10,12-14,16H,9,11,15H2,1H3,(H,29,30,31). The fraction of sp³-hybridized carbons (Fsp3) is 0.192. The maximum absolute atomic E-state index is 13.3. The van der Waals surface area contributed by atoms with Crippen LogP contribution in [0.5, 0.6) is 0 Å². The van der Waals surface area contributed by atoms with Crippen molar-refractivity contribution < 1.29 is 4.79 Å². The molecule has 0 spiro atoms. The van der Waals surface area contributed by atoms with Gasteiger partial charge in [0.1, 0.15) is 5.82 Å². The van der Waals surface area contributed by atoms with Gasteiger partial charge >= 0.3 is 0 Å². The molecular formula is C26H22N6O. The van der Waals surface area contributed by atoms with Gasteiger partial charge in [-0.25, -0.2) is 9.97 Å². The Labute approximate surface area is 190 Å². The van der Waals surface area contributed by atoms with Crippen LogP contribution in [0.1, 0.15) is 29.5 Å². The molecule has 1 aromatic carbocycles. The van der Waals surface area contributed by atoms with Crippen molar-refractivity contribution in [2.24, 2.45) is 5.92 Å². The van der Waals surface area contributed by atoms with Gasteiger partial charge in [0.15, 0.2) is 11.5 Å². The lowest BCUT2D eigenvalue weighted by molar-refractivity contribution is 0.103. The van der Waals surface area contributed by atoms with Crippen LogP contribution in [0.25, 0.3) is 33.2 Å². The number of aromatic amines is 1. The van der Waals surface area contributed by atoms with Crippen LogP contribution < -0.4 is 4.90 Å². The Morgan fingerprint density at radius 1 is 1.09 bits per heavy atom. The van der Waals surface area contributed by atoms with Crippen LogP contribution in [0.3, 0.4) is 0 Å². The van der Waals surface area contributed by atoms with Crippen LogP contribution in [0.2, 0.25) is 0 Å². The van der Waals surface area contributed by atoms with Crippen LogP contribution in [-0.2, 0) is 0 Å². The summed E-state index contributed by atoms with van der Waals surface area (Å²) >= 11 is 0. The molecule has 6 rings (SSSR count). The van der Waals surface area contributed by atoms with Gasteiger partial charge in [0, 0.05) is 48.2 Å². The monoisotopic (exact) mass is 434 g/mol. The number of hydrogen-bond donors (Lipinski definition) is 1. The predicted molar refractivity (Wildman–Crippen MR) is 128 cm³/mol. The number of fused-ring (bicyclic) bond motifs is 2. The van der Waals surface area contributed by atoms with Crippen molar-refractivity contribution >= 4 is 33.5 Å². The summed E-state index contributed by atoms with van der Waals surface area (Å²) in [6.07, 6.45) is 6.43. The Morgan fingerprint density at radius 3 is 2.88 bits per heavy atom. The summed E-state index contributed by atoms with van der Waals surface area (Å²) in [6.45, 7) is 4.25. The van der Waals surface area contributed by atoms with Gasteiger partial charge in [-0.15, -0.1) is 0 Å². The maximum Gasteiger partial charge on any atom is 0.228 e. The molecule has 1 atom stereocenters. The van der Waals surface area contributed by atoms with Crippen LogP contribution in [0.15, 0.2) is 67.1 Å². The number of nitrogens with zero attached hydrogens (tertiary/aromatic N) is 5. The molecule has 7 heteroatoms. The van der Waals surface area contributed by atoms with E-state index in [0.29, 0.717) is 22.8 Å². The summed E-state index contributed by atoms with van der Waals surface area (Å²) in [7, 11) is 0. The third-order valence-corrected chi connectivity index (χ3v) is 6.26. The number of pyridine rings is 3. The highest BCUT2D eigenvalue weighted by Crippen LogP contribution is 2.27. The second-order valence-corrected chi connectivity index (χ2v) is 8.63. The van der Waals surface area contributed by atoms with Gasteiger partial charge < -0.3 is 9.88 Å². The summed E-state index contributed by atoms with van der Waals surface area (Å²) in [4.78, 5) is 36.7. The molecule has 5 aromatic rings. The quantitative estimate of drug-likeness (QED) is 0.415. The van der Waals surface area contributed by atoms with Crippen molar-refractivity contribution in [2.45, 2.75) is 13.3 Å². The zero-order valence-corrected chi connectivity index (χ0v) is 18.2. The Morgan fingerprint density at radius 2 is 2.00 bits per heavy atom. The summed E-state index contributed by atoms with van der Waals surface area (Å²) in [5, 5.41) is 2.07. The van der Waals surface area contributed by atoms with Crippen molar-refractivity contribution in [3.05, 3.63) is 78.5 Å². The van der Waals surface area contributed by atoms with Crippen molar-refractivity contribution in [1.29, 1.82) is 0 Å². The average molecular weight is 435 g/mol. The van der Waals surface area contributed by atoms with Crippen molar-refractivity contribution in [3.63, 3.8) is 0 Å². The number of imidazole rings is 1. The topological polar surface area (TPSA) is 87.7 Å². The first kappa shape index (κ1) is 19.5. The number of carbonyl (C=O) groups is 1. The molecule has 1 unspecified atom stereocenters. The molecular weight excluding hydrogens is 412 g/mol. The number of benzene rings is 1. The van der Waals surface area contributed by atoms with E-state index in [1.54, 1.807) is 24.5 Å². The molecule has 1 fully saturated rings. The number of rotatable bonds is 4. The highest BCUT2D eigenvalue weighted by Gasteiger charge is 2.21. The van der Waals surface area contributed by atoms with Gasteiger partial charge in [-0.1, -0.05) is 31.2 Å². The molecule has 0 saturated carbocycles. The second-order valence-electron chi connectivity index (χ2n) is 8.63. The van der Waals surface area contributed by atoms with Crippen molar-refractivity contribution in [1.82, 2.24) is 24.9 Å². The number of nitrogens with one attached hydrogen (secondary N) is 1. The predicted octanol–water partition coefficient (Wildman–Crippen LogP) is 4.65. The molecule has 0 amide bonds. The third kappa shape index (κ3) is 3.51. The molecule has 4 aromatic heterocycles. The van der Waals surface area contributed by atoms with E-state index in [1.807, 2.05) is 42.6 Å². The minimum Gasteiger partial charge on any atom is -0.356 e. The first-order valence-corrected chi connectivity index (χ1v) is 11.1. The molecule has 162 valence electrons. The fourth-order valence-electron chi connectivity index (χ4n) is 4.49. The molecule has 7 nitrogen and oxygen atoms in total. The largest absolute Gasteiger partial charge is 0.356 e. The number of H-pyrrole nitrogens is 1. The van der Waals surface area contributed by atoms with Crippen LogP contribution in [0, 0.1) is 5.92 Å². The zero-order chi connectivity index (χ0) is 22.4. The number of hydrogen-bond acceptors (Lipinski definition) is 6. The Hall–Kier alpha value is -4.13. The van der Waals surface area contributed by atoms with E-state index < -0.39 is 0 Å². The number of anilines is 1. The molecule has 33 heavy (non-hydrogen) atoms. The van der Waals surface area contributed by atoms with E-state index in [2.05, 4.69) is 31.8 Å². The molecule has 5 heterocycles. The molecule has 1 saturated heterocycles. The molecule has 1 aliphatic rings. The van der Waals surface area contributed by atoms with Crippen LogP contribution >= 0.6 is 0 Å². The molecule has 1 aliphatic heterocycles. The van der Waals surface area contributed by atoms with Gasteiger partial charge in [0.2, 0.25) is 5.78 Å². The normalized spacial score (nSPS) is 16.0. The second kappa shape index (κ2) is 7.78. The first-order valence-electron chi connectivity index (χ1n) is 11.1. The van der Waals surface area contributed by atoms with Gasteiger partial charge in [-0.05, 0) is 42.0 Å². The van der Waals surface area contributed by atoms with Gasteiger partial charge in [-0.2, -0.15) is 0 Å². The highest BCUT2D eigenvalue weighted by molar-refractivity contribution is 6.08. The molecule has 0 aliphatic carbocycles. The van der Waals surface area contributed by atoms with Crippen LogP contribution in [0.4, 0.5) is 5.82 Å². The molecule has 0 bridgehead atoms. The maximum atomic E-state index is 13.3. The minimum atomic E-state index is -0.193. The lowest BCUT2D eigenvalue weighted by Gasteiger charge is -2.16. The Bertz CT molecular complexity index is 1500. The van der Waals surface area contributed by atoms with E-state index in [4.69, 9.17) is 4.98 Å². The fourth-order valence-corrected chi connectivity index (χ4v) is 4.49.